The number of nitrogens with zero attached hydrogens (tertiary/aromatic N) is 4. The van der Waals surface area contributed by atoms with Gasteiger partial charge < -0.3 is 4.52 Å². The standard InChI is InChI=1S/C22H16N4O3S/c1-14-6-5-9-16(12-14)26-21(27)19-17(10-11-30-19)25(22(26)28)13-18-23-20(24-29-18)15-7-3-2-4-8-15/h2-12H,13H2,1H3. The quantitative estimate of drug-likeness (QED) is 0.447. The average molecular weight is 416 g/mol. The molecule has 30 heavy (non-hydrogen) atoms. The molecule has 0 aliphatic rings. The van der Waals surface area contributed by atoms with Crippen molar-refractivity contribution in [1.82, 2.24) is 19.3 Å². The van der Waals surface area contributed by atoms with E-state index in [9.17, 15) is 9.59 Å². The van der Waals surface area contributed by atoms with Crippen molar-refractivity contribution in [2.45, 2.75) is 13.5 Å². The van der Waals surface area contributed by atoms with E-state index >= 15 is 0 Å². The molecule has 0 radical (unpaired) electrons. The number of benzene rings is 2. The third kappa shape index (κ3) is 3.07. The van der Waals surface area contributed by atoms with Crippen LogP contribution in [-0.2, 0) is 6.54 Å². The van der Waals surface area contributed by atoms with Crippen molar-refractivity contribution in [2.75, 3.05) is 0 Å². The summed E-state index contributed by atoms with van der Waals surface area (Å²) >= 11 is 1.30. The van der Waals surface area contributed by atoms with Crippen LogP contribution in [0.5, 0.6) is 0 Å². The van der Waals surface area contributed by atoms with Crippen LogP contribution < -0.4 is 11.2 Å². The first-order valence-electron chi connectivity index (χ1n) is 9.30. The number of aromatic nitrogens is 4. The van der Waals surface area contributed by atoms with Crippen LogP contribution in [0.1, 0.15) is 11.5 Å². The minimum Gasteiger partial charge on any atom is -0.337 e. The third-order valence-electron chi connectivity index (χ3n) is 4.81. The monoisotopic (exact) mass is 416 g/mol. The Hall–Kier alpha value is -3.78. The average Bonchev–Trinajstić information content (AvgIpc) is 3.42. The number of fused-ring (bicyclic) bond motifs is 1. The Bertz CT molecular complexity index is 1480. The van der Waals surface area contributed by atoms with Gasteiger partial charge in [-0.15, -0.1) is 11.3 Å². The Morgan fingerprint density at radius 3 is 2.67 bits per heavy atom. The molecule has 2 aromatic carbocycles. The largest absolute Gasteiger partial charge is 0.337 e. The van der Waals surface area contributed by atoms with Crippen LogP contribution in [-0.4, -0.2) is 19.3 Å². The fourth-order valence-electron chi connectivity index (χ4n) is 3.39. The molecule has 0 atom stereocenters. The number of rotatable bonds is 4. The van der Waals surface area contributed by atoms with Crippen molar-refractivity contribution in [2.24, 2.45) is 0 Å². The van der Waals surface area contributed by atoms with E-state index in [2.05, 4.69) is 10.1 Å². The molecule has 148 valence electrons. The molecular formula is C22H16N4O3S. The van der Waals surface area contributed by atoms with Crippen molar-refractivity contribution < 1.29 is 4.52 Å². The van der Waals surface area contributed by atoms with Gasteiger partial charge >= 0.3 is 5.69 Å². The van der Waals surface area contributed by atoms with Crippen LogP contribution in [0, 0.1) is 6.92 Å². The van der Waals surface area contributed by atoms with Crippen LogP contribution in [0.25, 0.3) is 27.3 Å². The van der Waals surface area contributed by atoms with Crippen molar-refractivity contribution in [1.29, 1.82) is 0 Å². The first-order valence-corrected chi connectivity index (χ1v) is 10.2. The van der Waals surface area contributed by atoms with E-state index in [0.29, 0.717) is 21.7 Å². The lowest BCUT2D eigenvalue weighted by Gasteiger charge is -2.11. The van der Waals surface area contributed by atoms with Crippen LogP contribution in [0.2, 0.25) is 0 Å². The lowest BCUT2D eigenvalue weighted by atomic mass is 10.2. The molecule has 0 saturated carbocycles. The van der Waals surface area contributed by atoms with Crippen molar-refractivity contribution in [3.8, 4) is 17.1 Å². The number of thiophene rings is 1. The minimum absolute atomic E-state index is 0.0675. The zero-order valence-electron chi connectivity index (χ0n) is 16.0. The van der Waals surface area contributed by atoms with Crippen LogP contribution in [0.3, 0.4) is 0 Å². The second-order valence-electron chi connectivity index (χ2n) is 6.86. The summed E-state index contributed by atoms with van der Waals surface area (Å²) in [5.74, 6) is 0.741. The van der Waals surface area contributed by atoms with Crippen molar-refractivity contribution in [3.63, 3.8) is 0 Å². The van der Waals surface area contributed by atoms with Gasteiger partial charge in [0.25, 0.3) is 5.56 Å². The normalized spacial score (nSPS) is 11.2. The van der Waals surface area contributed by atoms with Crippen molar-refractivity contribution >= 4 is 21.6 Å². The Kier molecular flexibility index (Phi) is 4.40. The molecule has 0 aliphatic carbocycles. The van der Waals surface area contributed by atoms with Gasteiger partial charge in [0.2, 0.25) is 11.7 Å². The van der Waals surface area contributed by atoms with E-state index in [1.807, 2.05) is 55.5 Å². The maximum atomic E-state index is 13.3. The highest BCUT2D eigenvalue weighted by Gasteiger charge is 2.18. The molecule has 0 saturated heterocycles. The van der Waals surface area contributed by atoms with Gasteiger partial charge in [-0.1, -0.05) is 47.6 Å². The van der Waals surface area contributed by atoms with Gasteiger partial charge in [0.15, 0.2) is 0 Å². The van der Waals surface area contributed by atoms with E-state index in [4.69, 9.17) is 4.52 Å². The summed E-state index contributed by atoms with van der Waals surface area (Å²) in [6.07, 6.45) is 0. The summed E-state index contributed by atoms with van der Waals surface area (Å²) in [5, 5.41) is 5.82. The Balaban J connectivity index is 1.65. The smallest absolute Gasteiger partial charge is 0.336 e. The highest BCUT2D eigenvalue weighted by molar-refractivity contribution is 7.17. The summed E-state index contributed by atoms with van der Waals surface area (Å²) in [6.45, 7) is 1.98. The lowest BCUT2D eigenvalue weighted by molar-refractivity contribution is 0.370. The second-order valence-corrected chi connectivity index (χ2v) is 7.78. The first kappa shape index (κ1) is 18.3. The molecule has 0 N–H and O–H groups in total. The summed E-state index contributed by atoms with van der Waals surface area (Å²) in [7, 11) is 0. The molecule has 5 rings (SSSR count). The molecule has 8 heteroatoms. The van der Waals surface area contributed by atoms with Gasteiger partial charge in [-0.2, -0.15) is 4.98 Å². The highest BCUT2D eigenvalue weighted by Crippen LogP contribution is 2.19. The Morgan fingerprint density at radius 2 is 1.87 bits per heavy atom. The molecule has 0 aliphatic heterocycles. The van der Waals surface area contributed by atoms with Gasteiger partial charge in [-0.3, -0.25) is 9.36 Å². The predicted molar refractivity (Wildman–Crippen MR) is 115 cm³/mol. The molecule has 3 aromatic heterocycles. The van der Waals surface area contributed by atoms with Gasteiger partial charge in [0, 0.05) is 5.56 Å². The van der Waals surface area contributed by atoms with Crippen LogP contribution >= 0.6 is 11.3 Å². The highest BCUT2D eigenvalue weighted by atomic mass is 32.1. The van der Waals surface area contributed by atoms with Gasteiger partial charge in [0.05, 0.1) is 11.2 Å². The maximum Gasteiger partial charge on any atom is 0.336 e. The molecule has 0 unspecified atom stereocenters. The predicted octanol–water partition coefficient (Wildman–Crippen LogP) is 3.62. The fraction of sp³-hybridized carbons (Fsp3) is 0.0909. The van der Waals surface area contributed by atoms with Gasteiger partial charge in [-0.25, -0.2) is 9.36 Å². The molecule has 0 amide bonds. The molecule has 5 aromatic rings. The zero-order chi connectivity index (χ0) is 20.7. The zero-order valence-corrected chi connectivity index (χ0v) is 16.8. The summed E-state index contributed by atoms with van der Waals surface area (Å²) in [5.41, 5.74) is 2.09. The fourth-order valence-corrected chi connectivity index (χ4v) is 4.22. The number of hydrogen-bond acceptors (Lipinski definition) is 6. The van der Waals surface area contributed by atoms with E-state index in [1.165, 1.54) is 20.5 Å². The molecule has 0 bridgehead atoms. The van der Waals surface area contributed by atoms with Crippen LogP contribution in [0.15, 0.2) is 80.2 Å². The minimum atomic E-state index is -0.448. The topological polar surface area (TPSA) is 82.9 Å². The van der Waals surface area contributed by atoms with Gasteiger partial charge in [-0.05, 0) is 36.1 Å². The van der Waals surface area contributed by atoms with Gasteiger partial charge in [0.1, 0.15) is 11.2 Å². The second kappa shape index (κ2) is 7.23. The first-order chi connectivity index (χ1) is 14.6. The summed E-state index contributed by atoms with van der Waals surface area (Å²) < 4.78 is 8.59. The number of aryl methyl sites for hydroxylation is 1. The van der Waals surface area contributed by atoms with Crippen molar-refractivity contribution in [3.05, 3.63) is 98.3 Å². The third-order valence-corrected chi connectivity index (χ3v) is 5.70. The maximum absolute atomic E-state index is 13.3. The van der Waals surface area contributed by atoms with E-state index in [1.54, 1.807) is 17.5 Å². The Labute approximate surface area is 174 Å². The molecule has 3 heterocycles. The molecular weight excluding hydrogens is 400 g/mol. The summed E-state index contributed by atoms with van der Waals surface area (Å²) in [4.78, 5) is 30.8. The number of hydrogen-bond donors (Lipinski definition) is 0. The molecule has 0 spiro atoms. The Morgan fingerprint density at radius 1 is 1.03 bits per heavy atom. The molecule has 0 fully saturated rings. The lowest BCUT2D eigenvalue weighted by Crippen LogP contribution is -2.38. The molecule has 7 nitrogen and oxygen atoms in total. The van der Waals surface area contributed by atoms with E-state index < -0.39 is 5.69 Å². The summed E-state index contributed by atoms with van der Waals surface area (Å²) in [6, 6.07) is 18.5. The van der Waals surface area contributed by atoms with Crippen LogP contribution in [0.4, 0.5) is 0 Å². The SMILES string of the molecule is Cc1cccc(-n2c(=O)c3sccc3n(Cc3nc(-c4ccccc4)no3)c2=O)c1. The van der Waals surface area contributed by atoms with E-state index in [-0.39, 0.29) is 18.0 Å². The van der Waals surface area contributed by atoms with E-state index in [0.717, 1.165) is 11.1 Å².